The number of ether oxygens (including phenoxy) is 2. The van der Waals surface area contributed by atoms with Gasteiger partial charge in [0.2, 0.25) is 5.91 Å². The number of hydrogen-bond acceptors (Lipinski definition) is 4. The van der Waals surface area contributed by atoms with Gasteiger partial charge in [0, 0.05) is 25.8 Å². The number of carbonyl (C=O) groups is 2. The van der Waals surface area contributed by atoms with Crippen LogP contribution in [0.3, 0.4) is 0 Å². The van der Waals surface area contributed by atoms with Gasteiger partial charge in [0.05, 0.1) is 25.2 Å². The van der Waals surface area contributed by atoms with Crippen molar-refractivity contribution >= 4 is 17.4 Å². The van der Waals surface area contributed by atoms with E-state index in [-0.39, 0.29) is 31.2 Å². The van der Waals surface area contributed by atoms with E-state index in [1.807, 2.05) is 0 Å². The molecule has 27 heavy (non-hydrogen) atoms. The first-order valence-electron chi connectivity index (χ1n) is 8.63. The zero-order valence-electron chi connectivity index (χ0n) is 15.0. The molecule has 1 aliphatic rings. The number of methoxy groups -OCH3 is 1. The van der Waals surface area contributed by atoms with Gasteiger partial charge in [-0.3, -0.25) is 9.59 Å². The van der Waals surface area contributed by atoms with E-state index in [9.17, 15) is 22.8 Å². The van der Waals surface area contributed by atoms with Crippen molar-refractivity contribution in [3.8, 4) is 0 Å². The van der Waals surface area contributed by atoms with E-state index in [0.29, 0.717) is 12.7 Å². The Balaban J connectivity index is 2.24. The molecule has 2 rings (SSSR count). The number of benzene rings is 1. The molecule has 8 heteroatoms. The lowest BCUT2D eigenvalue weighted by Gasteiger charge is -2.24. The fourth-order valence-electron chi connectivity index (χ4n) is 2.82. The first kappa shape index (κ1) is 21.0. The highest BCUT2D eigenvalue weighted by Crippen LogP contribution is 2.33. The summed E-state index contributed by atoms with van der Waals surface area (Å²) in [5.41, 5.74) is -1.12. The average molecular weight is 385 g/mol. The van der Waals surface area contributed by atoms with Crippen LogP contribution in [-0.2, 0) is 19.1 Å². The monoisotopic (exact) mass is 385 g/mol. The molecule has 0 aliphatic carbocycles. The van der Waals surface area contributed by atoms with Crippen molar-refractivity contribution in [2.45, 2.75) is 31.5 Å². The molecule has 1 unspecified atom stereocenters. The molecule has 1 saturated heterocycles. The maximum atomic E-state index is 13.5. The summed E-state index contributed by atoms with van der Waals surface area (Å²) in [6.45, 7) is 0.644. The maximum Gasteiger partial charge on any atom is 0.417 e. The van der Waals surface area contributed by atoms with E-state index in [0.717, 1.165) is 12.8 Å². The molecule has 1 amide bonds. The maximum absolute atomic E-state index is 13.5. The highest BCUT2D eigenvalue weighted by molar-refractivity contribution is 5.96. The van der Waals surface area contributed by atoms with Gasteiger partial charge in [-0.25, -0.2) is 0 Å². The molecule has 1 atom stereocenters. The number of amides is 1. The summed E-state index contributed by atoms with van der Waals surface area (Å²) in [6.07, 6.45) is -2.90. The standard InChI is InChI=1S/C19H22F3NO4/c1-26-18(25)9-10-23(13-15-8-5-11-27-15)17(24)12-16(19(20,21)22)14-6-3-2-4-7-14/h2-4,6-7,12,15H,5,8-11,13H2,1H3. The van der Waals surface area contributed by atoms with Crippen LogP contribution in [-0.4, -0.2) is 55.9 Å². The minimum atomic E-state index is -4.69. The third-order valence-corrected chi connectivity index (χ3v) is 4.23. The Morgan fingerprint density at radius 1 is 1.30 bits per heavy atom. The minimum Gasteiger partial charge on any atom is -0.469 e. The Morgan fingerprint density at radius 3 is 2.56 bits per heavy atom. The lowest BCUT2D eigenvalue weighted by Crippen LogP contribution is -2.38. The first-order valence-corrected chi connectivity index (χ1v) is 8.63. The van der Waals surface area contributed by atoms with Crippen molar-refractivity contribution in [2.24, 2.45) is 0 Å². The van der Waals surface area contributed by atoms with Gasteiger partial charge < -0.3 is 14.4 Å². The quantitative estimate of drug-likeness (QED) is 0.534. The number of allylic oxidation sites excluding steroid dienone is 1. The Morgan fingerprint density at radius 2 is 2.00 bits per heavy atom. The summed E-state index contributed by atoms with van der Waals surface area (Å²) in [4.78, 5) is 25.2. The zero-order valence-corrected chi connectivity index (χ0v) is 15.0. The fourth-order valence-corrected chi connectivity index (χ4v) is 2.82. The largest absolute Gasteiger partial charge is 0.469 e. The van der Waals surface area contributed by atoms with Gasteiger partial charge >= 0.3 is 12.1 Å². The zero-order chi connectivity index (χ0) is 19.9. The number of hydrogen-bond donors (Lipinski definition) is 0. The summed E-state index contributed by atoms with van der Waals surface area (Å²) < 4.78 is 50.4. The van der Waals surface area contributed by atoms with E-state index >= 15 is 0 Å². The van der Waals surface area contributed by atoms with Crippen molar-refractivity contribution in [1.82, 2.24) is 4.90 Å². The van der Waals surface area contributed by atoms with Gasteiger partial charge in [-0.15, -0.1) is 0 Å². The molecule has 148 valence electrons. The van der Waals surface area contributed by atoms with E-state index in [1.165, 1.54) is 36.3 Å². The molecular formula is C19H22F3NO4. The Bertz CT molecular complexity index is 667. The molecule has 0 radical (unpaired) electrons. The summed E-state index contributed by atoms with van der Waals surface area (Å²) in [5.74, 6) is -1.35. The number of rotatable bonds is 7. The van der Waals surface area contributed by atoms with E-state index in [1.54, 1.807) is 6.07 Å². The van der Waals surface area contributed by atoms with Crippen LogP contribution in [0, 0.1) is 0 Å². The van der Waals surface area contributed by atoms with Crippen LogP contribution in [0.2, 0.25) is 0 Å². The molecule has 5 nitrogen and oxygen atoms in total. The molecule has 0 saturated carbocycles. The molecule has 0 N–H and O–H groups in total. The van der Waals surface area contributed by atoms with Crippen LogP contribution in [0.1, 0.15) is 24.8 Å². The molecule has 0 bridgehead atoms. The van der Waals surface area contributed by atoms with E-state index in [2.05, 4.69) is 4.74 Å². The summed E-state index contributed by atoms with van der Waals surface area (Å²) in [7, 11) is 1.21. The van der Waals surface area contributed by atoms with Crippen LogP contribution in [0.25, 0.3) is 5.57 Å². The van der Waals surface area contributed by atoms with E-state index in [4.69, 9.17) is 4.74 Å². The van der Waals surface area contributed by atoms with Crippen molar-refractivity contribution in [2.75, 3.05) is 26.8 Å². The van der Waals surface area contributed by atoms with Crippen LogP contribution >= 0.6 is 0 Å². The molecule has 1 aromatic carbocycles. The van der Waals surface area contributed by atoms with Crippen molar-refractivity contribution in [3.05, 3.63) is 42.0 Å². The number of alkyl halides is 3. The number of nitrogens with zero attached hydrogens (tertiary/aromatic N) is 1. The normalized spacial score (nSPS) is 17.6. The molecule has 1 fully saturated rings. The third kappa shape index (κ3) is 6.39. The highest BCUT2D eigenvalue weighted by atomic mass is 19.4. The van der Waals surface area contributed by atoms with Gasteiger partial charge in [-0.1, -0.05) is 30.3 Å². The number of carbonyl (C=O) groups excluding carboxylic acids is 2. The lowest BCUT2D eigenvalue weighted by atomic mass is 10.0. The topological polar surface area (TPSA) is 55.8 Å². The lowest BCUT2D eigenvalue weighted by molar-refractivity contribution is -0.141. The highest BCUT2D eigenvalue weighted by Gasteiger charge is 2.36. The second kappa shape index (κ2) is 9.55. The van der Waals surface area contributed by atoms with Gasteiger partial charge in [0.25, 0.3) is 0 Å². The Labute approximate surface area is 155 Å². The van der Waals surface area contributed by atoms with Crippen LogP contribution in [0.5, 0.6) is 0 Å². The molecule has 1 aliphatic heterocycles. The molecule has 0 aromatic heterocycles. The minimum absolute atomic E-state index is 0.0399. The Hall–Kier alpha value is -2.35. The Kier molecular flexibility index (Phi) is 7.41. The molecule has 1 aromatic rings. The first-order chi connectivity index (χ1) is 12.8. The third-order valence-electron chi connectivity index (χ3n) is 4.23. The summed E-state index contributed by atoms with van der Waals surface area (Å²) in [6, 6.07) is 7.14. The second-order valence-corrected chi connectivity index (χ2v) is 6.17. The predicted molar refractivity (Wildman–Crippen MR) is 92.7 cm³/mol. The smallest absolute Gasteiger partial charge is 0.417 e. The fraction of sp³-hybridized carbons (Fsp3) is 0.474. The van der Waals surface area contributed by atoms with Gasteiger partial charge in [0.1, 0.15) is 0 Å². The van der Waals surface area contributed by atoms with Crippen LogP contribution < -0.4 is 0 Å². The molecule has 1 heterocycles. The number of esters is 1. The van der Waals surface area contributed by atoms with Gasteiger partial charge in [-0.05, 0) is 18.4 Å². The van der Waals surface area contributed by atoms with Crippen LogP contribution in [0.15, 0.2) is 36.4 Å². The van der Waals surface area contributed by atoms with Crippen molar-refractivity contribution < 1.29 is 32.2 Å². The summed E-state index contributed by atoms with van der Waals surface area (Å²) >= 11 is 0. The van der Waals surface area contributed by atoms with E-state index < -0.39 is 23.6 Å². The summed E-state index contributed by atoms with van der Waals surface area (Å²) in [5, 5.41) is 0. The number of halogens is 3. The van der Waals surface area contributed by atoms with Crippen LogP contribution in [0.4, 0.5) is 13.2 Å². The van der Waals surface area contributed by atoms with Crippen molar-refractivity contribution in [1.29, 1.82) is 0 Å². The van der Waals surface area contributed by atoms with Crippen molar-refractivity contribution in [3.63, 3.8) is 0 Å². The molecular weight excluding hydrogens is 363 g/mol. The average Bonchev–Trinajstić information content (AvgIpc) is 3.15. The molecule has 0 spiro atoms. The predicted octanol–water partition coefficient (Wildman–Crippen LogP) is 3.20. The second-order valence-electron chi connectivity index (χ2n) is 6.17. The SMILES string of the molecule is COC(=O)CCN(CC1CCCO1)C(=O)C=C(c1ccccc1)C(F)(F)F. The van der Waals surface area contributed by atoms with Gasteiger partial charge in [0.15, 0.2) is 0 Å². The van der Waals surface area contributed by atoms with Gasteiger partial charge in [-0.2, -0.15) is 13.2 Å².